The highest BCUT2D eigenvalue weighted by Gasteiger charge is 2.57. The van der Waals surface area contributed by atoms with E-state index in [1.54, 1.807) is 4.90 Å². The van der Waals surface area contributed by atoms with Crippen LogP contribution in [0.2, 0.25) is 0 Å². The molecular weight excluding hydrogens is 407 g/mol. The number of hydrogen-bond donors (Lipinski definition) is 0. The molecule has 1 aromatic carbocycles. The number of benzene rings is 1. The molecule has 0 radical (unpaired) electrons. The quantitative estimate of drug-likeness (QED) is 0.709. The molecule has 2 bridgehead atoms. The number of carbonyl (C=O) groups is 2. The zero-order valence-corrected chi connectivity index (χ0v) is 18.7. The Labute approximate surface area is 189 Å². The number of nitriles is 1. The van der Waals surface area contributed by atoms with Gasteiger partial charge in [0.25, 0.3) is 0 Å². The summed E-state index contributed by atoms with van der Waals surface area (Å²) >= 11 is 0. The highest BCUT2D eigenvalue weighted by atomic mass is 19.1. The van der Waals surface area contributed by atoms with Crippen LogP contribution in [0.5, 0.6) is 0 Å². The molecule has 4 aliphatic rings. The fourth-order valence-electron chi connectivity index (χ4n) is 6.69. The molecule has 0 aromatic heterocycles. The van der Waals surface area contributed by atoms with Gasteiger partial charge in [0.2, 0.25) is 11.8 Å². The molecule has 2 amide bonds. The molecule has 1 aliphatic carbocycles. The monoisotopic (exact) mass is 438 g/mol. The Kier molecular flexibility index (Phi) is 5.45. The number of halogens is 1. The van der Waals surface area contributed by atoms with Gasteiger partial charge in [0.05, 0.1) is 17.6 Å². The Morgan fingerprint density at radius 3 is 2.62 bits per heavy atom. The second kappa shape index (κ2) is 8.15. The number of nitrogens with zero attached hydrogens (tertiary/aromatic N) is 4. The van der Waals surface area contributed by atoms with E-state index in [2.05, 4.69) is 15.9 Å². The number of fused-ring (bicyclic) bond motifs is 2. The van der Waals surface area contributed by atoms with E-state index in [0.717, 1.165) is 57.1 Å². The Morgan fingerprint density at radius 2 is 1.97 bits per heavy atom. The van der Waals surface area contributed by atoms with Crippen molar-refractivity contribution in [3.8, 4) is 6.07 Å². The lowest BCUT2D eigenvalue weighted by atomic mass is 9.85. The molecule has 6 nitrogen and oxygen atoms in total. The molecule has 1 saturated carbocycles. The SMILES string of the molecule is C[C@@H](CN1C[C@H]2C[C@@H]1C(=O)N2C1(c2ccc(F)cc2)CCCC1)C(=O)N1CCC[C@H]1C#N. The highest BCUT2D eigenvalue weighted by Crippen LogP contribution is 2.50. The van der Waals surface area contributed by atoms with Gasteiger partial charge >= 0.3 is 0 Å². The molecule has 3 saturated heterocycles. The van der Waals surface area contributed by atoms with E-state index in [-0.39, 0.29) is 47.2 Å². The van der Waals surface area contributed by atoms with Crippen LogP contribution in [0.4, 0.5) is 4.39 Å². The van der Waals surface area contributed by atoms with Crippen molar-refractivity contribution >= 4 is 11.8 Å². The first kappa shape index (κ1) is 21.4. The third kappa shape index (κ3) is 3.31. The molecule has 0 unspecified atom stereocenters. The highest BCUT2D eigenvalue weighted by molar-refractivity contribution is 5.87. The van der Waals surface area contributed by atoms with Crippen LogP contribution in [0.15, 0.2) is 24.3 Å². The van der Waals surface area contributed by atoms with Gasteiger partial charge in [-0.15, -0.1) is 0 Å². The lowest BCUT2D eigenvalue weighted by Crippen LogP contribution is -2.58. The molecule has 7 heteroatoms. The van der Waals surface area contributed by atoms with Crippen LogP contribution in [0.25, 0.3) is 0 Å². The van der Waals surface area contributed by atoms with Crippen molar-refractivity contribution in [2.45, 2.75) is 75.5 Å². The fraction of sp³-hybridized carbons (Fsp3) is 0.640. The van der Waals surface area contributed by atoms with Crippen LogP contribution in [-0.4, -0.2) is 64.3 Å². The number of hydrogen-bond acceptors (Lipinski definition) is 4. The number of carbonyl (C=O) groups excluding carboxylic acids is 2. The molecule has 32 heavy (non-hydrogen) atoms. The average Bonchev–Trinajstić information content (AvgIpc) is 3.57. The standard InChI is InChI=1S/C25H31FN4O2/c1-17(23(31)29-12-4-5-20(29)14-27)15-28-16-21-13-22(28)24(32)30(21)25(10-2-3-11-25)18-6-8-19(26)9-7-18/h6-9,17,20-22H,2-5,10-13,15-16H2,1H3/t17-,20-,21+,22+/m0/s1. The maximum absolute atomic E-state index is 13.6. The van der Waals surface area contributed by atoms with Gasteiger partial charge in [-0.05, 0) is 49.8 Å². The van der Waals surface area contributed by atoms with Gasteiger partial charge in [-0.3, -0.25) is 14.5 Å². The van der Waals surface area contributed by atoms with Gasteiger partial charge in [-0.2, -0.15) is 5.26 Å². The second-order valence-corrected chi connectivity index (χ2v) is 10.0. The zero-order valence-electron chi connectivity index (χ0n) is 18.7. The molecular formula is C25H31FN4O2. The largest absolute Gasteiger partial charge is 0.327 e. The third-order valence-corrected chi connectivity index (χ3v) is 8.16. The minimum atomic E-state index is -0.326. The summed E-state index contributed by atoms with van der Waals surface area (Å²) in [4.78, 5) is 32.5. The van der Waals surface area contributed by atoms with Crippen LogP contribution in [0, 0.1) is 23.1 Å². The third-order valence-electron chi connectivity index (χ3n) is 8.16. The van der Waals surface area contributed by atoms with Crippen molar-refractivity contribution in [2.24, 2.45) is 5.92 Å². The van der Waals surface area contributed by atoms with Crippen molar-refractivity contribution in [3.63, 3.8) is 0 Å². The minimum Gasteiger partial charge on any atom is -0.327 e. The van der Waals surface area contributed by atoms with Crippen LogP contribution < -0.4 is 0 Å². The summed E-state index contributed by atoms with van der Waals surface area (Å²) in [6, 6.07) is 8.58. The van der Waals surface area contributed by atoms with Gasteiger partial charge in [-0.25, -0.2) is 4.39 Å². The minimum absolute atomic E-state index is 0.0275. The molecule has 1 aromatic rings. The lowest BCUT2D eigenvalue weighted by Gasteiger charge is -2.46. The summed E-state index contributed by atoms with van der Waals surface area (Å²) in [6.45, 7) is 3.90. The van der Waals surface area contributed by atoms with E-state index in [4.69, 9.17) is 0 Å². The maximum Gasteiger partial charge on any atom is 0.241 e. The molecule has 5 rings (SSSR count). The summed E-state index contributed by atoms with van der Waals surface area (Å²) in [7, 11) is 0. The van der Waals surface area contributed by atoms with Gasteiger partial charge in [-0.1, -0.05) is 31.9 Å². The van der Waals surface area contributed by atoms with Crippen LogP contribution in [0.1, 0.15) is 57.4 Å². The smallest absolute Gasteiger partial charge is 0.241 e. The molecule has 3 heterocycles. The Balaban J connectivity index is 1.30. The van der Waals surface area contributed by atoms with Gasteiger partial charge < -0.3 is 9.80 Å². The number of rotatable bonds is 5. The van der Waals surface area contributed by atoms with Crippen LogP contribution in [-0.2, 0) is 15.1 Å². The molecule has 0 N–H and O–H groups in total. The number of amides is 2. The van der Waals surface area contributed by atoms with E-state index in [1.165, 1.54) is 12.1 Å². The van der Waals surface area contributed by atoms with E-state index >= 15 is 0 Å². The van der Waals surface area contributed by atoms with Crippen molar-refractivity contribution in [3.05, 3.63) is 35.6 Å². The van der Waals surface area contributed by atoms with Crippen LogP contribution in [0.3, 0.4) is 0 Å². The van der Waals surface area contributed by atoms with E-state index < -0.39 is 0 Å². The average molecular weight is 439 g/mol. The van der Waals surface area contributed by atoms with E-state index in [9.17, 15) is 19.2 Å². The van der Waals surface area contributed by atoms with E-state index in [0.29, 0.717) is 13.1 Å². The maximum atomic E-state index is 13.6. The lowest BCUT2D eigenvalue weighted by molar-refractivity contribution is -0.146. The fourth-order valence-corrected chi connectivity index (χ4v) is 6.69. The normalized spacial score (nSPS) is 30.2. The molecule has 3 aliphatic heterocycles. The number of piperazine rings is 1. The molecule has 170 valence electrons. The summed E-state index contributed by atoms with van der Waals surface area (Å²) in [6.07, 6.45) is 6.42. The van der Waals surface area contributed by atoms with Crippen molar-refractivity contribution in [1.82, 2.24) is 14.7 Å². The molecule has 4 atom stereocenters. The van der Waals surface area contributed by atoms with E-state index in [1.807, 2.05) is 19.1 Å². The first-order chi connectivity index (χ1) is 15.4. The second-order valence-electron chi connectivity index (χ2n) is 10.0. The Morgan fingerprint density at radius 1 is 1.25 bits per heavy atom. The van der Waals surface area contributed by atoms with Gasteiger partial charge in [0.1, 0.15) is 11.9 Å². The van der Waals surface area contributed by atoms with Gasteiger partial charge in [0, 0.05) is 31.6 Å². The predicted molar refractivity (Wildman–Crippen MR) is 117 cm³/mol. The Bertz CT molecular complexity index is 936. The van der Waals surface area contributed by atoms with Crippen molar-refractivity contribution in [2.75, 3.05) is 19.6 Å². The zero-order chi connectivity index (χ0) is 22.5. The summed E-state index contributed by atoms with van der Waals surface area (Å²) < 4.78 is 13.6. The van der Waals surface area contributed by atoms with Gasteiger partial charge in [0.15, 0.2) is 0 Å². The summed E-state index contributed by atoms with van der Waals surface area (Å²) in [5.41, 5.74) is 0.719. The van der Waals surface area contributed by atoms with Crippen molar-refractivity contribution in [1.29, 1.82) is 5.26 Å². The summed E-state index contributed by atoms with van der Waals surface area (Å²) in [5, 5.41) is 9.31. The topological polar surface area (TPSA) is 67.7 Å². The Hall–Kier alpha value is -2.46. The first-order valence-electron chi connectivity index (χ1n) is 12.0. The van der Waals surface area contributed by atoms with Crippen LogP contribution >= 0.6 is 0 Å². The molecule has 4 fully saturated rings. The summed E-state index contributed by atoms with van der Waals surface area (Å²) in [5.74, 6) is -0.303. The first-order valence-corrected chi connectivity index (χ1v) is 12.0. The predicted octanol–water partition coefficient (Wildman–Crippen LogP) is 3.03. The molecule has 0 spiro atoms. The van der Waals surface area contributed by atoms with Crippen molar-refractivity contribution < 1.29 is 14.0 Å². The number of likely N-dealkylation sites (tertiary alicyclic amines) is 3.